The Balaban J connectivity index is 2.73. The molecule has 0 aliphatic heterocycles. The van der Waals surface area contributed by atoms with Gasteiger partial charge in [0.25, 0.3) is 0 Å². The maximum atomic E-state index is 12.3. The first-order chi connectivity index (χ1) is 10.3. The first-order valence-electron chi connectivity index (χ1n) is 7.91. The van der Waals surface area contributed by atoms with E-state index in [0.717, 1.165) is 13.1 Å². The summed E-state index contributed by atoms with van der Waals surface area (Å²) in [6, 6.07) is 7.13. The molecule has 22 heavy (non-hydrogen) atoms. The highest BCUT2D eigenvalue weighted by molar-refractivity contribution is 6.04. The minimum atomic E-state index is -0.0741. The second kappa shape index (κ2) is 8.69. The van der Waals surface area contributed by atoms with E-state index in [0.29, 0.717) is 29.6 Å². The molecule has 0 fully saturated rings. The third kappa shape index (κ3) is 6.39. The third-order valence-electron chi connectivity index (χ3n) is 3.19. The Morgan fingerprint density at radius 1 is 1.05 bits per heavy atom. The molecule has 0 aliphatic carbocycles. The molecule has 0 aliphatic rings. The Hall–Kier alpha value is -1.68. The molecule has 0 radical (unpaired) electrons. The van der Waals surface area contributed by atoms with Crippen LogP contribution in [-0.4, -0.2) is 36.2 Å². The standard InChI is InChI=1S/C18H28N2O2/c1-13(2)10-20(11-14(3)4)12-18(22)19-17-9-7-6-8-16(17)15(5)21/h6-9,13-14H,10-12H2,1-5H3,(H,19,22). The van der Waals surface area contributed by atoms with Crippen LogP contribution in [0.25, 0.3) is 0 Å². The fourth-order valence-electron chi connectivity index (χ4n) is 2.53. The Morgan fingerprint density at radius 3 is 2.09 bits per heavy atom. The highest BCUT2D eigenvalue weighted by Gasteiger charge is 2.15. The van der Waals surface area contributed by atoms with Crippen LogP contribution < -0.4 is 5.32 Å². The average Bonchev–Trinajstić information content (AvgIpc) is 2.36. The fourth-order valence-corrected chi connectivity index (χ4v) is 2.53. The molecule has 0 spiro atoms. The van der Waals surface area contributed by atoms with Gasteiger partial charge >= 0.3 is 0 Å². The van der Waals surface area contributed by atoms with Crippen LogP contribution in [0.1, 0.15) is 45.0 Å². The Bertz CT molecular complexity index is 500. The zero-order valence-electron chi connectivity index (χ0n) is 14.3. The van der Waals surface area contributed by atoms with Gasteiger partial charge < -0.3 is 5.32 Å². The van der Waals surface area contributed by atoms with Crippen LogP contribution in [0, 0.1) is 11.8 Å². The van der Waals surface area contributed by atoms with Crippen molar-refractivity contribution in [2.24, 2.45) is 11.8 Å². The van der Waals surface area contributed by atoms with Crippen LogP contribution >= 0.6 is 0 Å². The first-order valence-corrected chi connectivity index (χ1v) is 7.91. The summed E-state index contributed by atoms with van der Waals surface area (Å²) in [5.41, 5.74) is 1.14. The van der Waals surface area contributed by atoms with Gasteiger partial charge in [-0.3, -0.25) is 14.5 Å². The number of ketones is 1. The molecule has 1 rings (SSSR count). The van der Waals surface area contributed by atoms with Crippen molar-refractivity contribution in [3.8, 4) is 0 Å². The summed E-state index contributed by atoms with van der Waals surface area (Å²) in [7, 11) is 0. The SMILES string of the molecule is CC(=O)c1ccccc1NC(=O)CN(CC(C)C)CC(C)C. The normalized spacial score (nSPS) is 11.3. The van der Waals surface area contributed by atoms with E-state index in [-0.39, 0.29) is 11.7 Å². The zero-order valence-corrected chi connectivity index (χ0v) is 14.3. The summed E-state index contributed by atoms with van der Waals surface area (Å²) in [5.74, 6) is 0.902. The van der Waals surface area contributed by atoms with Gasteiger partial charge in [0.05, 0.1) is 12.2 Å². The summed E-state index contributed by atoms with van der Waals surface area (Å²) in [6.07, 6.45) is 0. The first kappa shape index (κ1) is 18.4. The maximum absolute atomic E-state index is 12.3. The molecule has 0 bridgehead atoms. The number of carbonyl (C=O) groups is 2. The van der Waals surface area contributed by atoms with Crippen molar-refractivity contribution in [3.63, 3.8) is 0 Å². The van der Waals surface area contributed by atoms with Crippen molar-refractivity contribution >= 4 is 17.4 Å². The Labute approximate surface area is 133 Å². The van der Waals surface area contributed by atoms with Gasteiger partial charge in [0.15, 0.2) is 5.78 Å². The van der Waals surface area contributed by atoms with Gasteiger partial charge in [0.1, 0.15) is 0 Å². The van der Waals surface area contributed by atoms with Crippen molar-refractivity contribution in [1.29, 1.82) is 0 Å². The number of carbonyl (C=O) groups excluding carboxylic acids is 2. The maximum Gasteiger partial charge on any atom is 0.238 e. The number of para-hydroxylation sites is 1. The third-order valence-corrected chi connectivity index (χ3v) is 3.19. The lowest BCUT2D eigenvalue weighted by Gasteiger charge is -2.25. The van der Waals surface area contributed by atoms with E-state index < -0.39 is 0 Å². The lowest BCUT2D eigenvalue weighted by atomic mass is 10.1. The lowest BCUT2D eigenvalue weighted by molar-refractivity contribution is -0.117. The van der Waals surface area contributed by atoms with Crippen LogP contribution in [0.2, 0.25) is 0 Å². The van der Waals surface area contributed by atoms with Crippen LogP contribution in [0.15, 0.2) is 24.3 Å². The minimum Gasteiger partial charge on any atom is -0.324 e. The predicted octanol–water partition coefficient (Wildman–Crippen LogP) is 3.44. The van der Waals surface area contributed by atoms with Crippen LogP contribution in [0.5, 0.6) is 0 Å². The number of rotatable bonds is 8. The van der Waals surface area contributed by atoms with Gasteiger partial charge in [-0.1, -0.05) is 39.8 Å². The molecule has 0 heterocycles. The summed E-state index contributed by atoms with van der Waals surface area (Å²) >= 11 is 0. The van der Waals surface area contributed by atoms with Crippen molar-refractivity contribution < 1.29 is 9.59 Å². The number of anilines is 1. The van der Waals surface area contributed by atoms with Crippen molar-refractivity contribution in [3.05, 3.63) is 29.8 Å². The van der Waals surface area contributed by atoms with E-state index in [9.17, 15) is 9.59 Å². The lowest BCUT2D eigenvalue weighted by Crippen LogP contribution is -2.38. The largest absolute Gasteiger partial charge is 0.324 e. The van der Waals surface area contributed by atoms with Crippen LogP contribution in [0.3, 0.4) is 0 Å². The van der Waals surface area contributed by atoms with E-state index in [1.54, 1.807) is 18.2 Å². The summed E-state index contributed by atoms with van der Waals surface area (Å²) in [6.45, 7) is 12.2. The number of hydrogen-bond donors (Lipinski definition) is 1. The smallest absolute Gasteiger partial charge is 0.238 e. The minimum absolute atomic E-state index is 0.0443. The van der Waals surface area contributed by atoms with E-state index in [2.05, 4.69) is 37.9 Å². The number of hydrogen-bond acceptors (Lipinski definition) is 3. The molecule has 4 heteroatoms. The van der Waals surface area contributed by atoms with Crippen molar-refractivity contribution in [2.75, 3.05) is 25.0 Å². The van der Waals surface area contributed by atoms with Crippen LogP contribution in [-0.2, 0) is 4.79 Å². The van der Waals surface area contributed by atoms with E-state index in [4.69, 9.17) is 0 Å². The molecule has 1 amide bonds. The van der Waals surface area contributed by atoms with Crippen molar-refractivity contribution in [2.45, 2.75) is 34.6 Å². The van der Waals surface area contributed by atoms with E-state index in [1.165, 1.54) is 6.92 Å². The average molecular weight is 304 g/mol. The van der Waals surface area contributed by atoms with Crippen LogP contribution in [0.4, 0.5) is 5.69 Å². The molecule has 0 saturated heterocycles. The molecule has 0 atom stereocenters. The molecule has 1 N–H and O–H groups in total. The van der Waals surface area contributed by atoms with E-state index in [1.807, 2.05) is 6.07 Å². The Morgan fingerprint density at radius 2 is 1.59 bits per heavy atom. The summed E-state index contributed by atoms with van der Waals surface area (Å²) in [4.78, 5) is 26.1. The molecular formula is C18H28N2O2. The molecule has 0 aromatic heterocycles. The summed E-state index contributed by atoms with van der Waals surface area (Å²) < 4.78 is 0. The highest BCUT2D eigenvalue weighted by Crippen LogP contribution is 2.15. The molecular weight excluding hydrogens is 276 g/mol. The van der Waals surface area contributed by atoms with Crippen molar-refractivity contribution in [1.82, 2.24) is 4.90 Å². The Kier molecular flexibility index (Phi) is 7.25. The predicted molar refractivity (Wildman–Crippen MR) is 91.2 cm³/mol. The molecule has 0 saturated carbocycles. The topological polar surface area (TPSA) is 49.4 Å². The monoisotopic (exact) mass is 304 g/mol. The fraction of sp³-hybridized carbons (Fsp3) is 0.556. The van der Waals surface area contributed by atoms with Gasteiger partial charge in [-0.25, -0.2) is 0 Å². The number of benzene rings is 1. The van der Waals surface area contributed by atoms with Gasteiger partial charge in [0.2, 0.25) is 5.91 Å². The van der Waals surface area contributed by atoms with Gasteiger partial charge in [0, 0.05) is 18.7 Å². The number of nitrogens with one attached hydrogen (secondary N) is 1. The molecule has 0 unspecified atom stereocenters. The second-order valence-electron chi connectivity index (χ2n) is 6.63. The second-order valence-corrected chi connectivity index (χ2v) is 6.63. The number of Topliss-reactive ketones (excluding diaryl/α,β-unsaturated/α-hetero) is 1. The van der Waals surface area contributed by atoms with Gasteiger partial charge in [-0.15, -0.1) is 0 Å². The quantitative estimate of drug-likeness (QED) is 0.748. The van der Waals surface area contributed by atoms with E-state index >= 15 is 0 Å². The molecule has 4 nitrogen and oxygen atoms in total. The van der Waals surface area contributed by atoms with Gasteiger partial charge in [-0.2, -0.15) is 0 Å². The highest BCUT2D eigenvalue weighted by atomic mass is 16.2. The molecule has 1 aromatic rings. The van der Waals surface area contributed by atoms with Gasteiger partial charge in [-0.05, 0) is 30.9 Å². The molecule has 1 aromatic carbocycles. The number of amides is 1. The molecule has 122 valence electrons. The zero-order chi connectivity index (χ0) is 16.7. The summed E-state index contributed by atoms with van der Waals surface area (Å²) in [5, 5.41) is 2.87. The number of nitrogens with zero attached hydrogens (tertiary/aromatic N) is 1.